The molecule has 0 aromatic heterocycles. The number of hydrogen-bond donors (Lipinski definition) is 2. The van der Waals surface area contributed by atoms with Crippen molar-refractivity contribution in [3.8, 4) is 0 Å². The predicted octanol–water partition coefficient (Wildman–Crippen LogP) is 3.62. The lowest BCUT2D eigenvalue weighted by Crippen LogP contribution is -2.49. The molecule has 1 aromatic rings. The van der Waals surface area contributed by atoms with E-state index in [2.05, 4.69) is 50.9 Å². The standard InChI is InChI=1S/C21H32N4.HI/c1-22-20(23-16-21(11-12-21)18-7-8-18)24-19-9-13-25(14-10-19)15-17-5-3-2-4-6-17;/h2-6,18-19H,7-16H2,1H3,(H2,22,23,24);1H. The normalized spacial score (nSPS) is 23.2. The Labute approximate surface area is 175 Å². The number of rotatable bonds is 6. The summed E-state index contributed by atoms with van der Waals surface area (Å²) in [7, 11) is 1.90. The van der Waals surface area contributed by atoms with E-state index < -0.39 is 0 Å². The number of aliphatic imine (C=N–C) groups is 1. The zero-order valence-electron chi connectivity index (χ0n) is 15.9. The van der Waals surface area contributed by atoms with E-state index in [1.165, 1.54) is 44.1 Å². The first-order valence-corrected chi connectivity index (χ1v) is 10.0. The summed E-state index contributed by atoms with van der Waals surface area (Å²) in [6, 6.07) is 11.4. The monoisotopic (exact) mass is 468 g/mol. The molecule has 2 aliphatic carbocycles. The van der Waals surface area contributed by atoms with Gasteiger partial charge >= 0.3 is 0 Å². The van der Waals surface area contributed by atoms with Gasteiger partial charge < -0.3 is 10.6 Å². The van der Waals surface area contributed by atoms with E-state index >= 15 is 0 Å². The molecule has 144 valence electrons. The molecule has 0 spiro atoms. The lowest BCUT2D eigenvalue weighted by atomic mass is 10.0. The summed E-state index contributed by atoms with van der Waals surface area (Å²) in [5.74, 6) is 2.01. The van der Waals surface area contributed by atoms with Gasteiger partial charge in [0.05, 0.1) is 0 Å². The van der Waals surface area contributed by atoms with Crippen molar-refractivity contribution in [2.75, 3.05) is 26.7 Å². The number of guanidine groups is 1. The molecule has 0 unspecified atom stereocenters. The number of nitrogens with zero attached hydrogens (tertiary/aromatic N) is 2. The van der Waals surface area contributed by atoms with E-state index in [9.17, 15) is 0 Å². The Morgan fingerprint density at radius 3 is 2.38 bits per heavy atom. The van der Waals surface area contributed by atoms with Crippen LogP contribution in [0.1, 0.15) is 44.1 Å². The van der Waals surface area contributed by atoms with Crippen molar-refractivity contribution in [3.63, 3.8) is 0 Å². The Bertz CT molecular complexity index is 587. The van der Waals surface area contributed by atoms with Crippen LogP contribution >= 0.6 is 24.0 Å². The first-order chi connectivity index (χ1) is 12.3. The minimum atomic E-state index is 0. The van der Waals surface area contributed by atoms with Crippen LogP contribution in [0.4, 0.5) is 0 Å². The van der Waals surface area contributed by atoms with E-state index in [1.807, 2.05) is 7.05 Å². The maximum Gasteiger partial charge on any atom is 0.191 e. The highest BCUT2D eigenvalue weighted by Gasteiger charge is 2.53. The van der Waals surface area contributed by atoms with Crippen LogP contribution in [0.3, 0.4) is 0 Å². The Kier molecular flexibility index (Phi) is 6.83. The molecule has 0 radical (unpaired) electrons. The van der Waals surface area contributed by atoms with Crippen LogP contribution in [0.5, 0.6) is 0 Å². The average Bonchev–Trinajstić information content (AvgIpc) is 3.55. The number of nitrogens with one attached hydrogen (secondary N) is 2. The maximum absolute atomic E-state index is 4.46. The predicted molar refractivity (Wildman–Crippen MR) is 119 cm³/mol. The van der Waals surface area contributed by atoms with Gasteiger partial charge in [-0.3, -0.25) is 9.89 Å². The van der Waals surface area contributed by atoms with Crippen molar-refractivity contribution in [3.05, 3.63) is 35.9 Å². The van der Waals surface area contributed by atoms with Crippen LogP contribution in [-0.4, -0.2) is 43.6 Å². The van der Waals surface area contributed by atoms with Crippen molar-refractivity contribution in [2.24, 2.45) is 16.3 Å². The van der Waals surface area contributed by atoms with Gasteiger partial charge in [0.1, 0.15) is 0 Å². The van der Waals surface area contributed by atoms with Crippen LogP contribution in [0.25, 0.3) is 0 Å². The second-order valence-electron chi connectivity index (χ2n) is 8.24. The summed E-state index contributed by atoms with van der Waals surface area (Å²) in [4.78, 5) is 7.03. The number of piperidine rings is 1. The summed E-state index contributed by atoms with van der Waals surface area (Å²) in [6.45, 7) is 4.51. The highest BCUT2D eigenvalue weighted by atomic mass is 127. The third-order valence-corrected chi connectivity index (χ3v) is 6.34. The summed E-state index contributed by atoms with van der Waals surface area (Å²) in [6.07, 6.45) is 8.13. The quantitative estimate of drug-likeness (QED) is 0.381. The average molecular weight is 468 g/mol. The number of hydrogen-bond acceptors (Lipinski definition) is 2. The van der Waals surface area contributed by atoms with Gasteiger partial charge in [0, 0.05) is 39.3 Å². The fourth-order valence-corrected chi connectivity index (χ4v) is 4.31. The molecule has 2 N–H and O–H groups in total. The lowest BCUT2D eigenvalue weighted by molar-refractivity contribution is 0.198. The second kappa shape index (κ2) is 8.91. The highest BCUT2D eigenvalue weighted by molar-refractivity contribution is 14.0. The molecule has 26 heavy (non-hydrogen) atoms. The van der Waals surface area contributed by atoms with E-state index in [4.69, 9.17) is 0 Å². The summed E-state index contributed by atoms with van der Waals surface area (Å²) in [5.41, 5.74) is 2.04. The molecule has 1 aliphatic heterocycles. The smallest absolute Gasteiger partial charge is 0.191 e. The lowest BCUT2D eigenvalue weighted by Gasteiger charge is -2.33. The highest BCUT2D eigenvalue weighted by Crippen LogP contribution is 2.60. The van der Waals surface area contributed by atoms with Gasteiger partial charge in [-0.05, 0) is 55.4 Å². The summed E-state index contributed by atoms with van der Waals surface area (Å²) >= 11 is 0. The minimum absolute atomic E-state index is 0. The number of likely N-dealkylation sites (tertiary alicyclic amines) is 1. The van der Waals surface area contributed by atoms with Crippen LogP contribution in [0, 0.1) is 11.3 Å². The van der Waals surface area contributed by atoms with Gasteiger partial charge in [-0.2, -0.15) is 0 Å². The fraction of sp³-hybridized carbons (Fsp3) is 0.667. The largest absolute Gasteiger partial charge is 0.356 e. The van der Waals surface area contributed by atoms with Gasteiger partial charge in [0.25, 0.3) is 0 Å². The second-order valence-corrected chi connectivity index (χ2v) is 8.24. The van der Waals surface area contributed by atoms with Crippen LogP contribution in [0.2, 0.25) is 0 Å². The molecule has 0 atom stereocenters. The maximum atomic E-state index is 4.46. The summed E-state index contributed by atoms with van der Waals surface area (Å²) in [5, 5.41) is 7.28. The Morgan fingerprint density at radius 1 is 1.12 bits per heavy atom. The molecule has 1 saturated heterocycles. The number of halogens is 1. The van der Waals surface area contributed by atoms with Gasteiger partial charge in [0.2, 0.25) is 0 Å². The van der Waals surface area contributed by atoms with Crippen LogP contribution in [-0.2, 0) is 6.54 Å². The first-order valence-electron chi connectivity index (χ1n) is 10.0. The zero-order chi connectivity index (χ0) is 17.1. The van der Waals surface area contributed by atoms with Crippen molar-refractivity contribution in [1.82, 2.24) is 15.5 Å². The fourth-order valence-electron chi connectivity index (χ4n) is 4.31. The SMILES string of the molecule is CN=C(NCC1(C2CC2)CC1)NC1CCN(Cc2ccccc2)CC1.I. The molecule has 0 amide bonds. The van der Waals surface area contributed by atoms with E-state index in [0.717, 1.165) is 38.1 Å². The zero-order valence-corrected chi connectivity index (χ0v) is 18.2. The van der Waals surface area contributed by atoms with Gasteiger partial charge in [0.15, 0.2) is 5.96 Å². The van der Waals surface area contributed by atoms with Crippen molar-refractivity contribution < 1.29 is 0 Å². The third-order valence-electron chi connectivity index (χ3n) is 6.34. The van der Waals surface area contributed by atoms with Crippen molar-refractivity contribution >= 4 is 29.9 Å². The molecular formula is C21H33IN4. The molecule has 5 heteroatoms. The van der Waals surface area contributed by atoms with E-state index in [1.54, 1.807) is 0 Å². The molecule has 4 nitrogen and oxygen atoms in total. The van der Waals surface area contributed by atoms with Gasteiger partial charge in [-0.1, -0.05) is 30.3 Å². The Balaban J connectivity index is 0.00000196. The van der Waals surface area contributed by atoms with E-state index in [-0.39, 0.29) is 24.0 Å². The summed E-state index contributed by atoms with van der Waals surface area (Å²) < 4.78 is 0. The third kappa shape index (κ3) is 5.12. The Hall–Kier alpha value is -0.820. The van der Waals surface area contributed by atoms with Crippen molar-refractivity contribution in [1.29, 1.82) is 0 Å². The topological polar surface area (TPSA) is 39.7 Å². The van der Waals surface area contributed by atoms with Crippen molar-refractivity contribution in [2.45, 2.75) is 51.1 Å². The molecule has 0 bridgehead atoms. The first kappa shape index (κ1) is 19.9. The van der Waals surface area contributed by atoms with Gasteiger partial charge in [-0.25, -0.2) is 0 Å². The number of benzene rings is 1. The minimum Gasteiger partial charge on any atom is -0.356 e. The molecule has 2 saturated carbocycles. The molecule has 3 aliphatic rings. The molecular weight excluding hydrogens is 435 g/mol. The van der Waals surface area contributed by atoms with Gasteiger partial charge in [-0.15, -0.1) is 24.0 Å². The molecule has 4 rings (SSSR count). The molecule has 1 heterocycles. The van der Waals surface area contributed by atoms with Crippen LogP contribution in [0.15, 0.2) is 35.3 Å². The molecule has 3 fully saturated rings. The van der Waals surface area contributed by atoms with Crippen LogP contribution < -0.4 is 10.6 Å². The Morgan fingerprint density at radius 2 is 1.81 bits per heavy atom. The molecule has 1 aromatic carbocycles. The van der Waals surface area contributed by atoms with E-state index in [0.29, 0.717) is 11.5 Å².